The second-order valence-corrected chi connectivity index (χ2v) is 5.88. The van der Waals surface area contributed by atoms with Crippen LogP contribution in [0.25, 0.3) is 0 Å². The van der Waals surface area contributed by atoms with Crippen molar-refractivity contribution in [3.05, 3.63) is 41.8 Å². The van der Waals surface area contributed by atoms with Gasteiger partial charge in [0.25, 0.3) is 0 Å². The normalized spacial score (nSPS) is 18.4. The SMILES string of the molecule is CSCc1noc(C2CC(=O)N(Cc3ccncc3)C2)n1. The predicted molar refractivity (Wildman–Crippen MR) is 78.5 cm³/mol. The van der Waals surface area contributed by atoms with Gasteiger partial charge in [0.05, 0.1) is 11.7 Å². The monoisotopic (exact) mass is 304 g/mol. The van der Waals surface area contributed by atoms with Crippen molar-refractivity contribution in [3.8, 4) is 0 Å². The Balaban J connectivity index is 1.66. The summed E-state index contributed by atoms with van der Waals surface area (Å²) < 4.78 is 5.28. The van der Waals surface area contributed by atoms with Gasteiger partial charge in [-0.25, -0.2) is 0 Å². The van der Waals surface area contributed by atoms with Crippen molar-refractivity contribution in [2.45, 2.75) is 24.6 Å². The largest absolute Gasteiger partial charge is 0.339 e. The molecule has 6 nitrogen and oxygen atoms in total. The van der Waals surface area contributed by atoms with Crippen LogP contribution in [-0.2, 0) is 17.1 Å². The number of amides is 1. The van der Waals surface area contributed by atoms with E-state index in [1.165, 1.54) is 0 Å². The molecule has 1 saturated heterocycles. The van der Waals surface area contributed by atoms with Crippen LogP contribution in [0.1, 0.15) is 29.6 Å². The lowest BCUT2D eigenvalue weighted by molar-refractivity contribution is -0.128. The highest BCUT2D eigenvalue weighted by Crippen LogP contribution is 2.28. The van der Waals surface area contributed by atoms with Gasteiger partial charge in [0.15, 0.2) is 5.82 Å². The zero-order chi connectivity index (χ0) is 14.7. The van der Waals surface area contributed by atoms with Crippen molar-refractivity contribution < 1.29 is 9.32 Å². The molecule has 0 spiro atoms. The highest BCUT2D eigenvalue weighted by molar-refractivity contribution is 7.97. The van der Waals surface area contributed by atoms with Gasteiger partial charge in [0.2, 0.25) is 11.8 Å². The molecule has 1 fully saturated rings. The summed E-state index contributed by atoms with van der Waals surface area (Å²) >= 11 is 1.65. The topological polar surface area (TPSA) is 72.1 Å². The second kappa shape index (κ2) is 6.26. The summed E-state index contributed by atoms with van der Waals surface area (Å²) in [6.45, 7) is 1.23. The third-order valence-electron chi connectivity index (χ3n) is 3.44. The van der Waals surface area contributed by atoms with Crippen LogP contribution < -0.4 is 0 Å². The molecule has 1 atom stereocenters. The van der Waals surface area contributed by atoms with E-state index in [1.807, 2.05) is 23.3 Å². The standard InChI is InChI=1S/C14H16N4O2S/c1-21-9-12-16-14(20-17-12)11-6-13(19)18(8-11)7-10-2-4-15-5-3-10/h2-5,11H,6-9H2,1H3. The van der Waals surface area contributed by atoms with Gasteiger partial charge in [-0.2, -0.15) is 16.7 Å². The lowest BCUT2D eigenvalue weighted by atomic mass is 10.1. The molecule has 1 aliphatic rings. The number of carbonyl (C=O) groups excluding carboxylic acids is 1. The van der Waals surface area contributed by atoms with Crippen LogP contribution in [0.3, 0.4) is 0 Å². The number of carbonyl (C=O) groups is 1. The summed E-state index contributed by atoms with van der Waals surface area (Å²) in [4.78, 5) is 22.3. The van der Waals surface area contributed by atoms with Crippen LogP contribution >= 0.6 is 11.8 Å². The van der Waals surface area contributed by atoms with Gasteiger partial charge in [-0.05, 0) is 24.0 Å². The Hall–Kier alpha value is -1.89. The summed E-state index contributed by atoms with van der Waals surface area (Å²) in [6.07, 6.45) is 5.90. The fourth-order valence-corrected chi connectivity index (χ4v) is 2.80. The van der Waals surface area contributed by atoms with E-state index in [2.05, 4.69) is 15.1 Å². The number of aromatic nitrogens is 3. The molecule has 0 aliphatic carbocycles. The summed E-state index contributed by atoms with van der Waals surface area (Å²) in [5, 5.41) is 3.94. The maximum Gasteiger partial charge on any atom is 0.232 e. The first kappa shape index (κ1) is 14.1. The number of hydrogen-bond donors (Lipinski definition) is 0. The predicted octanol–water partition coefficient (Wildman–Crippen LogP) is 1.84. The van der Waals surface area contributed by atoms with Gasteiger partial charge >= 0.3 is 0 Å². The molecule has 1 aliphatic heterocycles. The van der Waals surface area contributed by atoms with Crippen molar-refractivity contribution in [3.63, 3.8) is 0 Å². The van der Waals surface area contributed by atoms with Crippen molar-refractivity contribution in [2.75, 3.05) is 12.8 Å². The minimum atomic E-state index is 0.00226. The third kappa shape index (κ3) is 3.24. The highest BCUT2D eigenvalue weighted by Gasteiger charge is 2.34. The van der Waals surface area contributed by atoms with Crippen molar-refractivity contribution in [1.82, 2.24) is 20.0 Å². The average molecular weight is 304 g/mol. The fraction of sp³-hybridized carbons (Fsp3) is 0.429. The molecule has 2 aromatic heterocycles. The Labute approximate surface area is 126 Å². The zero-order valence-corrected chi connectivity index (χ0v) is 12.5. The number of hydrogen-bond acceptors (Lipinski definition) is 6. The third-order valence-corrected chi connectivity index (χ3v) is 3.99. The first-order valence-electron chi connectivity index (χ1n) is 6.74. The van der Waals surface area contributed by atoms with E-state index in [1.54, 1.807) is 24.2 Å². The lowest BCUT2D eigenvalue weighted by Gasteiger charge is -2.15. The molecule has 110 valence electrons. The van der Waals surface area contributed by atoms with Crippen LogP contribution in [-0.4, -0.2) is 38.7 Å². The van der Waals surface area contributed by atoms with Crippen LogP contribution in [0.4, 0.5) is 0 Å². The van der Waals surface area contributed by atoms with Gasteiger partial charge in [-0.3, -0.25) is 9.78 Å². The van der Waals surface area contributed by atoms with E-state index < -0.39 is 0 Å². The molecule has 21 heavy (non-hydrogen) atoms. The zero-order valence-electron chi connectivity index (χ0n) is 11.7. The Morgan fingerprint density at radius 1 is 1.43 bits per heavy atom. The van der Waals surface area contributed by atoms with Gasteiger partial charge in [0.1, 0.15) is 0 Å². The maximum atomic E-state index is 12.1. The van der Waals surface area contributed by atoms with Crippen LogP contribution in [0.5, 0.6) is 0 Å². The van der Waals surface area contributed by atoms with E-state index in [9.17, 15) is 4.79 Å². The van der Waals surface area contributed by atoms with Crippen molar-refractivity contribution >= 4 is 17.7 Å². The van der Waals surface area contributed by atoms with Gasteiger partial charge < -0.3 is 9.42 Å². The molecular weight excluding hydrogens is 288 g/mol. The Morgan fingerprint density at radius 3 is 3.00 bits per heavy atom. The van der Waals surface area contributed by atoms with E-state index in [0.29, 0.717) is 31.2 Å². The van der Waals surface area contributed by atoms with E-state index >= 15 is 0 Å². The average Bonchev–Trinajstić information content (AvgIpc) is 3.08. The number of rotatable bonds is 5. The molecule has 0 N–H and O–H groups in total. The van der Waals surface area contributed by atoms with Crippen LogP contribution in [0.2, 0.25) is 0 Å². The molecule has 3 heterocycles. The quantitative estimate of drug-likeness (QED) is 0.839. The first-order chi connectivity index (χ1) is 10.3. The molecule has 2 aromatic rings. The maximum absolute atomic E-state index is 12.1. The van der Waals surface area contributed by atoms with E-state index in [0.717, 1.165) is 11.3 Å². The molecule has 0 aromatic carbocycles. The summed E-state index contributed by atoms with van der Waals surface area (Å²) in [5.41, 5.74) is 1.08. The molecule has 1 amide bonds. The smallest absolute Gasteiger partial charge is 0.232 e. The summed E-state index contributed by atoms with van der Waals surface area (Å²) in [5.74, 6) is 2.12. The van der Waals surface area contributed by atoms with Crippen LogP contribution in [0.15, 0.2) is 29.0 Å². The minimum Gasteiger partial charge on any atom is -0.339 e. The van der Waals surface area contributed by atoms with Crippen LogP contribution in [0, 0.1) is 0 Å². The molecule has 0 bridgehead atoms. The number of thioether (sulfide) groups is 1. The molecule has 0 radical (unpaired) electrons. The highest BCUT2D eigenvalue weighted by atomic mass is 32.2. The summed E-state index contributed by atoms with van der Waals surface area (Å²) in [6, 6.07) is 3.84. The van der Waals surface area contributed by atoms with E-state index in [4.69, 9.17) is 4.52 Å². The number of likely N-dealkylation sites (tertiary alicyclic amines) is 1. The molecule has 7 heteroatoms. The lowest BCUT2D eigenvalue weighted by Crippen LogP contribution is -2.24. The molecule has 3 rings (SSSR count). The first-order valence-corrected chi connectivity index (χ1v) is 8.13. The Kier molecular flexibility index (Phi) is 4.19. The van der Waals surface area contributed by atoms with Crippen molar-refractivity contribution in [1.29, 1.82) is 0 Å². The molecular formula is C14H16N4O2S. The molecule has 0 saturated carbocycles. The van der Waals surface area contributed by atoms with E-state index in [-0.39, 0.29) is 11.8 Å². The minimum absolute atomic E-state index is 0.00226. The fourth-order valence-electron chi connectivity index (χ4n) is 2.42. The van der Waals surface area contributed by atoms with Gasteiger partial charge in [-0.1, -0.05) is 5.16 Å². The summed E-state index contributed by atoms with van der Waals surface area (Å²) in [7, 11) is 0. The Morgan fingerprint density at radius 2 is 2.24 bits per heavy atom. The van der Waals surface area contributed by atoms with Gasteiger partial charge in [-0.15, -0.1) is 0 Å². The second-order valence-electron chi connectivity index (χ2n) is 5.01. The van der Waals surface area contributed by atoms with Gasteiger partial charge in [0, 0.05) is 31.9 Å². The number of pyridine rings is 1. The van der Waals surface area contributed by atoms with Crippen molar-refractivity contribution in [2.24, 2.45) is 0 Å². The molecule has 1 unspecified atom stereocenters. The number of nitrogens with zero attached hydrogens (tertiary/aromatic N) is 4. The Bertz CT molecular complexity index is 616.